The van der Waals surface area contributed by atoms with Gasteiger partial charge in [0, 0.05) is 18.7 Å². The second-order valence-corrected chi connectivity index (χ2v) is 4.46. The number of aryl methyl sites for hydroxylation is 1. The molecule has 0 aliphatic carbocycles. The third-order valence-electron chi connectivity index (χ3n) is 2.68. The first kappa shape index (κ1) is 16.1. The Morgan fingerprint density at radius 2 is 2.00 bits per heavy atom. The molecule has 118 valence electrons. The van der Waals surface area contributed by atoms with E-state index in [-0.39, 0.29) is 5.69 Å². The van der Waals surface area contributed by atoms with Gasteiger partial charge in [-0.05, 0) is 6.07 Å². The van der Waals surface area contributed by atoms with Crippen LogP contribution in [0.5, 0.6) is 5.88 Å². The van der Waals surface area contributed by atoms with Gasteiger partial charge >= 0.3 is 12.6 Å². The number of carboxylic acids is 1. The van der Waals surface area contributed by atoms with Crippen molar-refractivity contribution < 1.29 is 32.2 Å². The lowest BCUT2D eigenvalue weighted by atomic mass is 10.1. The number of halogens is 5. The van der Waals surface area contributed by atoms with Crippen LogP contribution in [0.4, 0.5) is 17.6 Å². The fraction of sp³-hybridized carbons (Fsp3) is 0.167. The molecule has 0 atom stereocenters. The van der Waals surface area contributed by atoms with Crippen molar-refractivity contribution in [1.29, 1.82) is 0 Å². The minimum absolute atomic E-state index is 0.345. The highest BCUT2D eigenvalue weighted by atomic mass is 35.5. The quantitative estimate of drug-likeness (QED) is 0.869. The van der Waals surface area contributed by atoms with Crippen LogP contribution in [-0.4, -0.2) is 27.5 Å². The van der Waals surface area contributed by atoms with Crippen LogP contribution in [0.2, 0.25) is 5.02 Å². The highest BCUT2D eigenvalue weighted by Gasteiger charge is 2.24. The zero-order chi connectivity index (χ0) is 16.6. The lowest BCUT2D eigenvalue weighted by molar-refractivity contribution is -0.0552. The molecule has 0 spiro atoms. The van der Waals surface area contributed by atoms with Crippen molar-refractivity contribution in [2.45, 2.75) is 6.61 Å². The van der Waals surface area contributed by atoms with Crippen molar-refractivity contribution >= 4 is 17.6 Å². The molecule has 0 aliphatic rings. The number of ether oxygens (including phenoxy) is 1. The van der Waals surface area contributed by atoms with E-state index in [1.165, 1.54) is 7.05 Å². The van der Waals surface area contributed by atoms with Crippen LogP contribution in [0.15, 0.2) is 12.1 Å². The van der Waals surface area contributed by atoms with Gasteiger partial charge in [0.05, 0.1) is 5.56 Å². The van der Waals surface area contributed by atoms with Crippen LogP contribution in [0.3, 0.4) is 0 Å². The number of aromatic nitrogens is 2. The molecule has 0 aliphatic heterocycles. The van der Waals surface area contributed by atoms with Crippen LogP contribution in [0.25, 0.3) is 11.3 Å². The molecule has 0 fully saturated rings. The van der Waals surface area contributed by atoms with Crippen LogP contribution in [0.1, 0.15) is 10.4 Å². The number of hydrogen-bond acceptors (Lipinski definition) is 3. The Bertz CT molecular complexity index is 748. The van der Waals surface area contributed by atoms with Crippen molar-refractivity contribution in [1.82, 2.24) is 9.78 Å². The van der Waals surface area contributed by atoms with E-state index in [9.17, 15) is 22.4 Å². The van der Waals surface area contributed by atoms with E-state index >= 15 is 0 Å². The maximum Gasteiger partial charge on any atom is 0.388 e. The molecule has 22 heavy (non-hydrogen) atoms. The highest BCUT2D eigenvalue weighted by molar-refractivity contribution is 6.34. The van der Waals surface area contributed by atoms with Crippen molar-refractivity contribution in [3.63, 3.8) is 0 Å². The second-order valence-electron chi connectivity index (χ2n) is 4.09. The maximum absolute atomic E-state index is 13.8. The Hall–Kier alpha value is -2.29. The number of benzene rings is 1. The lowest BCUT2D eigenvalue weighted by Gasteiger charge is -2.05. The second kappa shape index (κ2) is 5.84. The maximum atomic E-state index is 13.8. The van der Waals surface area contributed by atoms with Crippen molar-refractivity contribution in [3.8, 4) is 17.1 Å². The molecule has 1 N–H and O–H groups in total. The SMILES string of the molecule is Cn1nc(-c2cc(C(=O)O)c(F)cc2F)c(Cl)c1OC(F)F. The molecule has 1 aromatic heterocycles. The van der Waals surface area contributed by atoms with E-state index in [1.807, 2.05) is 0 Å². The molecule has 1 aromatic carbocycles. The molecule has 10 heteroatoms. The van der Waals surface area contributed by atoms with Crippen LogP contribution in [0, 0.1) is 11.6 Å². The van der Waals surface area contributed by atoms with Crippen LogP contribution < -0.4 is 4.74 Å². The van der Waals surface area contributed by atoms with Gasteiger partial charge in [-0.2, -0.15) is 13.9 Å². The van der Waals surface area contributed by atoms with E-state index in [0.717, 1.165) is 4.68 Å². The number of carboxylic acid groups (broad SMARTS) is 1. The largest absolute Gasteiger partial charge is 0.478 e. The Balaban J connectivity index is 2.62. The summed E-state index contributed by atoms with van der Waals surface area (Å²) >= 11 is 5.80. The predicted molar refractivity (Wildman–Crippen MR) is 67.2 cm³/mol. The summed E-state index contributed by atoms with van der Waals surface area (Å²) in [7, 11) is 1.21. The molecule has 0 amide bonds. The Morgan fingerprint density at radius 3 is 2.55 bits per heavy atom. The lowest BCUT2D eigenvalue weighted by Crippen LogP contribution is -2.06. The number of nitrogens with zero attached hydrogens (tertiary/aromatic N) is 2. The number of hydrogen-bond donors (Lipinski definition) is 1. The van der Waals surface area contributed by atoms with Crippen LogP contribution >= 0.6 is 11.6 Å². The average molecular weight is 339 g/mol. The van der Waals surface area contributed by atoms with E-state index < -0.39 is 46.2 Å². The molecule has 0 radical (unpaired) electrons. The summed E-state index contributed by atoms with van der Waals surface area (Å²) < 4.78 is 56.7. The number of alkyl halides is 2. The van der Waals surface area contributed by atoms with Gasteiger partial charge in [-0.3, -0.25) is 0 Å². The first-order chi connectivity index (χ1) is 10.2. The first-order valence-electron chi connectivity index (χ1n) is 5.62. The topological polar surface area (TPSA) is 64.4 Å². The molecule has 2 rings (SSSR count). The monoisotopic (exact) mass is 338 g/mol. The summed E-state index contributed by atoms with van der Waals surface area (Å²) in [5.41, 5.74) is -1.61. The van der Waals surface area contributed by atoms with Gasteiger partial charge in [-0.1, -0.05) is 11.6 Å². The minimum Gasteiger partial charge on any atom is -0.478 e. The standard InChI is InChI=1S/C12H7ClF4N2O3/c1-19-10(22-12(16)17)8(13)9(18-19)4-2-5(11(20)21)7(15)3-6(4)14/h2-3,12H,1H3,(H,20,21). The van der Waals surface area contributed by atoms with Crippen LogP contribution in [-0.2, 0) is 7.05 Å². The number of aromatic carboxylic acids is 1. The summed E-state index contributed by atoms with van der Waals surface area (Å²) in [5.74, 6) is -4.60. The summed E-state index contributed by atoms with van der Waals surface area (Å²) in [6.07, 6.45) is 0. The molecule has 0 unspecified atom stereocenters. The molecular weight excluding hydrogens is 332 g/mol. The molecule has 0 bridgehead atoms. The van der Waals surface area contributed by atoms with E-state index in [2.05, 4.69) is 9.84 Å². The summed E-state index contributed by atoms with van der Waals surface area (Å²) in [5, 5.41) is 12.1. The van der Waals surface area contributed by atoms with Gasteiger partial charge in [0.25, 0.3) is 0 Å². The van der Waals surface area contributed by atoms with Crippen molar-refractivity contribution in [2.75, 3.05) is 0 Å². The van der Waals surface area contributed by atoms with E-state index in [4.69, 9.17) is 16.7 Å². The van der Waals surface area contributed by atoms with Crippen molar-refractivity contribution in [3.05, 3.63) is 34.4 Å². The van der Waals surface area contributed by atoms with Gasteiger partial charge in [-0.15, -0.1) is 0 Å². The fourth-order valence-electron chi connectivity index (χ4n) is 1.76. The highest BCUT2D eigenvalue weighted by Crippen LogP contribution is 2.37. The summed E-state index contributed by atoms with van der Waals surface area (Å²) in [6.45, 7) is -3.19. The Kier molecular flexibility index (Phi) is 4.27. The average Bonchev–Trinajstić information content (AvgIpc) is 2.66. The van der Waals surface area contributed by atoms with Gasteiger partial charge < -0.3 is 9.84 Å². The fourth-order valence-corrected chi connectivity index (χ4v) is 2.07. The third kappa shape index (κ3) is 2.84. The normalized spacial score (nSPS) is 11.0. The van der Waals surface area contributed by atoms with Gasteiger partial charge in [-0.25, -0.2) is 18.3 Å². The molecule has 1 heterocycles. The molecule has 0 saturated heterocycles. The predicted octanol–water partition coefficient (Wildman–Crippen LogP) is 3.32. The third-order valence-corrected chi connectivity index (χ3v) is 3.02. The number of carbonyl (C=O) groups is 1. The summed E-state index contributed by atoms with van der Waals surface area (Å²) in [6, 6.07) is 1.02. The zero-order valence-electron chi connectivity index (χ0n) is 10.8. The van der Waals surface area contributed by atoms with E-state index in [0.29, 0.717) is 12.1 Å². The minimum atomic E-state index is -3.19. The Morgan fingerprint density at radius 1 is 1.36 bits per heavy atom. The van der Waals surface area contributed by atoms with Gasteiger partial charge in [0.2, 0.25) is 5.88 Å². The summed E-state index contributed by atoms with van der Waals surface area (Å²) in [4.78, 5) is 10.9. The van der Waals surface area contributed by atoms with Crippen molar-refractivity contribution in [2.24, 2.45) is 7.05 Å². The first-order valence-corrected chi connectivity index (χ1v) is 6.00. The van der Waals surface area contributed by atoms with E-state index in [1.54, 1.807) is 0 Å². The molecule has 5 nitrogen and oxygen atoms in total. The molecular formula is C12H7ClF4N2O3. The zero-order valence-corrected chi connectivity index (χ0v) is 11.5. The number of rotatable bonds is 4. The molecule has 2 aromatic rings. The van der Waals surface area contributed by atoms with Gasteiger partial charge in [0.15, 0.2) is 0 Å². The molecule has 0 saturated carbocycles. The smallest absolute Gasteiger partial charge is 0.388 e. The Labute approximate surface area is 125 Å². The van der Waals surface area contributed by atoms with Gasteiger partial charge in [0.1, 0.15) is 22.4 Å².